The van der Waals surface area contributed by atoms with Gasteiger partial charge in [0.05, 0.1) is 23.8 Å². The van der Waals surface area contributed by atoms with Crippen molar-refractivity contribution in [1.29, 1.82) is 0 Å². The minimum atomic E-state index is 0.00223. The SMILES string of the molecule is CC(C)c1cccc(OCCCn2cnc3ccccc3c2=O)c1. The van der Waals surface area contributed by atoms with Gasteiger partial charge >= 0.3 is 0 Å². The van der Waals surface area contributed by atoms with E-state index in [0.717, 1.165) is 17.7 Å². The van der Waals surface area contributed by atoms with Gasteiger partial charge in [-0.05, 0) is 42.2 Å². The molecule has 0 aliphatic carbocycles. The minimum absolute atomic E-state index is 0.00223. The zero-order valence-electron chi connectivity index (χ0n) is 14.1. The minimum Gasteiger partial charge on any atom is -0.494 e. The average Bonchev–Trinajstić information content (AvgIpc) is 2.61. The number of nitrogens with zero attached hydrogens (tertiary/aromatic N) is 2. The predicted molar refractivity (Wildman–Crippen MR) is 96.6 cm³/mol. The molecule has 24 heavy (non-hydrogen) atoms. The highest BCUT2D eigenvalue weighted by molar-refractivity contribution is 5.76. The highest BCUT2D eigenvalue weighted by atomic mass is 16.5. The lowest BCUT2D eigenvalue weighted by atomic mass is 10.0. The molecule has 0 aliphatic rings. The Morgan fingerprint density at radius 1 is 1.12 bits per heavy atom. The van der Waals surface area contributed by atoms with Gasteiger partial charge in [-0.15, -0.1) is 0 Å². The van der Waals surface area contributed by atoms with Gasteiger partial charge in [-0.1, -0.05) is 38.1 Å². The first-order valence-electron chi connectivity index (χ1n) is 8.32. The molecule has 2 aromatic carbocycles. The first-order valence-corrected chi connectivity index (χ1v) is 8.32. The summed E-state index contributed by atoms with van der Waals surface area (Å²) in [7, 11) is 0. The molecule has 0 atom stereocenters. The van der Waals surface area contributed by atoms with Crippen molar-refractivity contribution in [3.63, 3.8) is 0 Å². The Kier molecular flexibility index (Phi) is 4.94. The number of rotatable bonds is 6. The van der Waals surface area contributed by atoms with Gasteiger partial charge in [0.1, 0.15) is 5.75 Å². The van der Waals surface area contributed by atoms with Crippen LogP contribution in [0, 0.1) is 0 Å². The Morgan fingerprint density at radius 3 is 2.79 bits per heavy atom. The zero-order chi connectivity index (χ0) is 16.9. The van der Waals surface area contributed by atoms with Crippen LogP contribution in [0.4, 0.5) is 0 Å². The fourth-order valence-corrected chi connectivity index (χ4v) is 2.65. The number of aryl methyl sites for hydroxylation is 1. The first-order chi connectivity index (χ1) is 11.6. The molecule has 124 valence electrons. The molecule has 0 unspecified atom stereocenters. The summed E-state index contributed by atoms with van der Waals surface area (Å²) in [6.45, 7) is 5.50. The monoisotopic (exact) mass is 322 g/mol. The Balaban J connectivity index is 1.60. The van der Waals surface area contributed by atoms with Crippen molar-refractivity contribution < 1.29 is 4.74 Å². The van der Waals surface area contributed by atoms with E-state index < -0.39 is 0 Å². The molecule has 0 N–H and O–H groups in total. The molecule has 0 saturated heterocycles. The second kappa shape index (κ2) is 7.30. The van der Waals surface area contributed by atoms with E-state index in [1.807, 2.05) is 36.4 Å². The van der Waals surface area contributed by atoms with E-state index in [0.29, 0.717) is 24.5 Å². The number of aromatic nitrogens is 2. The van der Waals surface area contributed by atoms with Gasteiger partial charge in [-0.3, -0.25) is 9.36 Å². The summed E-state index contributed by atoms with van der Waals surface area (Å²) >= 11 is 0. The smallest absolute Gasteiger partial charge is 0.261 e. The van der Waals surface area contributed by atoms with Gasteiger partial charge in [-0.25, -0.2) is 4.98 Å². The molecule has 0 bridgehead atoms. The number of fused-ring (bicyclic) bond motifs is 1. The molecule has 1 aromatic heterocycles. The van der Waals surface area contributed by atoms with E-state index in [1.165, 1.54) is 5.56 Å². The van der Waals surface area contributed by atoms with Crippen LogP contribution in [0.5, 0.6) is 5.75 Å². The summed E-state index contributed by atoms with van der Waals surface area (Å²) in [4.78, 5) is 16.7. The van der Waals surface area contributed by atoms with Crippen LogP contribution in [-0.2, 0) is 6.54 Å². The van der Waals surface area contributed by atoms with E-state index in [-0.39, 0.29) is 5.56 Å². The highest BCUT2D eigenvalue weighted by Gasteiger charge is 2.04. The highest BCUT2D eigenvalue weighted by Crippen LogP contribution is 2.20. The van der Waals surface area contributed by atoms with E-state index in [1.54, 1.807) is 10.9 Å². The molecule has 0 aliphatic heterocycles. The van der Waals surface area contributed by atoms with Gasteiger partial charge in [0, 0.05) is 6.54 Å². The van der Waals surface area contributed by atoms with Crippen molar-refractivity contribution >= 4 is 10.9 Å². The zero-order valence-corrected chi connectivity index (χ0v) is 14.1. The maximum atomic E-state index is 12.4. The number of para-hydroxylation sites is 1. The number of hydrogen-bond donors (Lipinski definition) is 0. The first kappa shape index (κ1) is 16.2. The summed E-state index contributed by atoms with van der Waals surface area (Å²) in [5, 5.41) is 0.658. The Bertz CT molecular complexity index is 884. The molecule has 1 heterocycles. The van der Waals surface area contributed by atoms with Crippen molar-refractivity contribution in [2.75, 3.05) is 6.61 Å². The maximum absolute atomic E-state index is 12.4. The normalized spacial score (nSPS) is 11.1. The molecule has 0 spiro atoms. The summed E-state index contributed by atoms with van der Waals surface area (Å²) in [6, 6.07) is 15.6. The van der Waals surface area contributed by atoms with Crippen molar-refractivity contribution in [1.82, 2.24) is 9.55 Å². The van der Waals surface area contributed by atoms with Crippen LogP contribution in [0.15, 0.2) is 59.7 Å². The van der Waals surface area contributed by atoms with E-state index >= 15 is 0 Å². The lowest BCUT2D eigenvalue weighted by Gasteiger charge is -2.10. The van der Waals surface area contributed by atoms with Gasteiger partial charge < -0.3 is 4.74 Å². The molecule has 3 aromatic rings. The Labute approximate surface area is 141 Å². The summed E-state index contributed by atoms with van der Waals surface area (Å²) < 4.78 is 7.46. The number of hydrogen-bond acceptors (Lipinski definition) is 3. The molecule has 0 amide bonds. The van der Waals surface area contributed by atoms with Crippen molar-refractivity contribution in [2.45, 2.75) is 32.7 Å². The summed E-state index contributed by atoms with van der Waals surface area (Å²) in [5.41, 5.74) is 2.00. The van der Waals surface area contributed by atoms with Crippen LogP contribution >= 0.6 is 0 Å². The largest absolute Gasteiger partial charge is 0.494 e. The van der Waals surface area contributed by atoms with Crippen LogP contribution in [-0.4, -0.2) is 16.2 Å². The van der Waals surface area contributed by atoms with E-state index in [4.69, 9.17) is 4.74 Å². The second-order valence-electron chi connectivity index (χ2n) is 6.19. The van der Waals surface area contributed by atoms with Crippen LogP contribution in [0.25, 0.3) is 10.9 Å². The summed E-state index contributed by atoms with van der Waals surface area (Å²) in [5.74, 6) is 1.36. The van der Waals surface area contributed by atoms with Crippen molar-refractivity contribution in [3.8, 4) is 5.75 Å². The molecule has 0 radical (unpaired) electrons. The lowest BCUT2D eigenvalue weighted by Crippen LogP contribution is -2.21. The molecular weight excluding hydrogens is 300 g/mol. The molecule has 0 fully saturated rings. The molecule has 4 heteroatoms. The number of ether oxygens (including phenoxy) is 1. The topological polar surface area (TPSA) is 44.1 Å². The van der Waals surface area contributed by atoms with Crippen LogP contribution in [0.1, 0.15) is 31.7 Å². The molecule has 4 nitrogen and oxygen atoms in total. The third-order valence-corrected chi connectivity index (χ3v) is 4.07. The second-order valence-corrected chi connectivity index (χ2v) is 6.19. The van der Waals surface area contributed by atoms with Gasteiger partial charge in [0.25, 0.3) is 5.56 Å². The number of benzene rings is 2. The van der Waals surface area contributed by atoms with Gasteiger partial charge in [0.2, 0.25) is 0 Å². The Hall–Kier alpha value is -2.62. The van der Waals surface area contributed by atoms with E-state index in [9.17, 15) is 4.79 Å². The van der Waals surface area contributed by atoms with Crippen LogP contribution in [0.2, 0.25) is 0 Å². The van der Waals surface area contributed by atoms with E-state index in [2.05, 4.69) is 31.0 Å². The standard InChI is InChI=1S/C20H22N2O2/c1-15(2)16-7-5-8-17(13-16)24-12-6-11-22-14-21-19-10-4-3-9-18(19)20(22)23/h3-5,7-10,13-15H,6,11-12H2,1-2H3. The molecule has 3 rings (SSSR count). The van der Waals surface area contributed by atoms with Gasteiger partial charge in [0.15, 0.2) is 0 Å². The van der Waals surface area contributed by atoms with Crippen molar-refractivity contribution in [2.24, 2.45) is 0 Å². The average molecular weight is 322 g/mol. The predicted octanol–water partition coefficient (Wildman–Crippen LogP) is 3.99. The third-order valence-electron chi connectivity index (χ3n) is 4.07. The van der Waals surface area contributed by atoms with Gasteiger partial charge in [-0.2, -0.15) is 0 Å². The maximum Gasteiger partial charge on any atom is 0.261 e. The molecular formula is C20H22N2O2. The fourth-order valence-electron chi connectivity index (χ4n) is 2.65. The summed E-state index contributed by atoms with van der Waals surface area (Å²) in [6.07, 6.45) is 2.37. The van der Waals surface area contributed by atoms with Crippen molar-refractivity contribution in [3.05, 3.63) is 70.8 Å². The van der Waals surface area contributed by atoms with Crippen LogP contribution in [0.3, 0.4) is 0 Å². The fraction of sp³-hybridized carbons (Fsp3) is 0.300. The Morgan fingerprint density at radius 2 is 1.96 bits per heavy atom. The third kappa shape index (κ3) is 3.65. The quantitative estimate of drug-likeness (QED) is 0.645. The lowest BCUT2D eigenvalue weighted by molar-refractivity contribution is 0.300. The van der Waals surface area contributed by atoms with Crippen LogP contribution < -0.4 is 10.3 Å². The molecule has 0 saturated carbocycles.